The molecule has 18 heavy (non-hydrogen) atoms. The van der Waals surface area contributed by atoms with Crippen molar-refractivity contribution < 1.29 is 18.3 Å². The molecule has 7 heteroatoms. The maximum absolute atomic E-state index is 11.8. The maximum Gasteiger partial charge on any atom is 0.251 e. The average Bonchev–Trinajstić information content (AvgIpc) is 2.18. The van der Waals surface area contributed by atoms with E-state index in [-0.39, 0.29) is 22.1 Å². The van der Waals surface area contributed by atoms with Gasteiger partial charge in [0.2, 0.25) is 0 Å². The number of halogens is 1. The molecule has 0 fully saturated rings. The van der Waals surface area contributed by atoms with E-state index in [1.54, 1.807) is 6.92 Å². The van der Waals surface area contributed by atoms with Gasteiger partial charge in [0.15, 0.2) is 0 Å². The van der Waals surface area contributed by atoms with Gasteiger partial charge in [-0.2, -0.15) is 0 Å². The van der Waals surface area contributed by atoms with Gasteiger partial charge in [-0.15, -0.1) is 0 Å². The van der Waals surface area contributed by atoms with Crippen molar-refractivity contribution in [2.45, 2.75) is 13.0 Å². The van der Waals surface area contributed by atoms with E-state index < -0.39 is 21.8 Å². The zero-order valence-corrected chi connectivity index (χ0v) is 11.5. The SMILES string of the molecule is CC(CS(C)(=O)=O)NC(=O)c1ccc(O)c(Cl)c1. The van der Waals surface area contributed by atoms with Gasteiger partial charge < -0.3 is 10.4 Å². The lowest BCUT2D eigenvalue weighted by atomic mass is 10.2. The summed E-state index contributed by atoms with van der Waals surface area (Å²) in [5.74, 6) is -0.685. The Morgan fingerprint density at radius 3 is 2.61 bits per heavy atom. The third kappa shape index (κ3) is 4.54. The number of hydrogen-bond donors (Lipinski definition) is 2. The van der Waals surface area contributed by atoms with E-state index in [0.717, 1.165) is 6.26 Å². The average molecular weight is 292 g/mol. The molecular weight excluding hydrogens is 278 g/mol. The predicted molar refractivity (Wildman–Crippen MR) is 69.8 cm³/mol. The molecule has 5 nitrogen and oxygen atoms in total. The summed E-state index contributed by atoms with van der Waals surface area (Å²) in [6.45, 7) is 1.60. The fourth-order valence-electron chi connectivity index (χ4n) is 1.45. The molecule has 0 bridgehead atoms. The van der Waals surface area contributed by atoms with Gasteiger partial charge in [-0.25, -0.2) is 8.42 Å². The molecular formula is C11H14ClNO4S. The number of benzene rings is 1. The predicted octanol–water partition coefficient (Wildman–Crippen LogP) is 1.21. The monoisotopic (exact) mass is 291 g/mol. The molecule has 1 aromatic carbocycles. The Hall–Kier alpha value is -1.27. The van der Waals surface area contributed by atoms with Crippen LogP contribution in [0.15, 0.2) is 18.2 Å². The van der Waals surface area contributed by atoms with Crippen LogP contribution >= 0.6 is 11.6 Å². The number of sulfone groups is 1. The molecule has 1 rings (SSSR count). The molecule has 2 N–H and O–H groups in total. The molecule has 0 radical (unpaired) electrons. The van der Waals surface area contributed by atoms with Crippen LogP contribution in [0.2, 0.25) is 5.02 Å². The fourth-order valence-corrected chi connectivity index (χ4v) is 2.62. The van der Waals surface area contributed by atoms with E-state index in [9.17, 15) is 18.3 Å². The smallest absolute Gasteiger partial charge is 0.251 e. The summed E-state index contributed by atoms with van der Waals surface area (Å²) >= 11 is 5.68. The molecule has 0 aliphatic carbocycles. The van der Waals surface area contributed by atoms with E-state index in [2.05, 4.69) is 5.32 Å². The standard InChI is InChI=1S/C11H14ClNO4S/c1-7(6-18(2,16)17)13-11(15)8-3-4-10(14)9(12)5-8/h3-5,7,14H,6H2,1-2H3,(H,13,15). The molecule has 0 spiro atoms. The summed E-state index contributed by atoms with van der Waals surface area (Å²) in [5, 5.41) is 11.8. The lowest BCUT2D eigenvalue weighted by Crippen LogP contribution is -2.37. The number of phenols is 1. The van der Waals surface area contributed by atoms with Crippen molar-refractivity contribution in [3.63, 3.8) is 0 Å². The van der Waals surface area contributed by atoms with E-state index >= 15 is 0 Å². The molecule has 1 unspecified atom stereocenters. The molecule has 1 aromatic rings. The summed E-state index contributed by atoms with van der Waals surface area (Å²) in [6.07, 6.45) is 1.10. The van der Waals surface area contributed by atoms with Crippen molar-refractivity contribution in [1.82, 2.24) is 5.32 Å². The highest BCUT2D eigenvalue weighted by molar-refractivity contribution is 7.90. The number of rotatable bonds is 4. The Bertz CT molecular complexity index is 556. The highest BCUT2D eigenvalue weighted by Crippen LogP contribution is 2.23. The molecule has 100 valence electrons. The van der Waals surface area contributed by atoms with Crippen molar-refractivity contribution >= 4 is 27.3 Å². The third-order valence-electron chi connectivity index (χ3n) is 2.14. The minimum absolute atomic E-state index is 0.0680. The molecule has 0 saturated heterocycles. The van der Waals surface area contributed by atoms with Gasteiger partial charge in [0.05, 0.1) is 10.8 Å². The first-order chi connectivity index (χ1) is 8.19. The van der Waals surface area contributed by atoms with Crippen LogP contribution in [0.4, 0.5) is 0 Å². The van der Waals surface area contributed by atoms with Crippen LogP contribution in [0.3, 0.4) is 0 Å². The summed E-state index contributed by atoms with van der Waals surface area (Å²) in [4.78, 5) is 11.8. The lowest BCUT2D eigenvalue weighted by molar-refractivity contribution is 0.0943. The van der Waals surface area contributed by atoms with Gasteiger partial charge in [0.1, 0.15) is 15.6 Å². The van der Waals surface area contributed by atoms with Crippen LogP contribution in [-0.4, -0.2) is 37.5 Å². The topological polar surface area (TPSA) is 83.5 Å². The quantitative estimate of drug-likeness (QED) is 0.873. The normalized spacial score (nSPS) is 13.1. The van der Waals surface area contributed by atoms with E-state index in [0.29, 0.717) is 0 Å². The second kappa shape index (κ2) is 5.58. The first-order valence-corrected chi connectivity index (χ1v) is 7.60. The summed E-state index contributed by atoms with van der Waals surface area (Å²) in [6, 6.07) is 3.53. The van der Waals surface area contributed by atoms with Crippen LogP contribution in [0.5, 0.6) is 5.75 Å². The van der Waals surface area contributed by atoms with Crippen molar-refractivity contribution in [1.29, 1.82) is 0 Å². The number of phenolic OH excluding ortho intramolecular Hbond substituents is 1. The maximum atomic E-state index is 11.8. The Morgan fingerprint density at radius 1 is 1.50 bits per heavy atom. The molecule has 0 heterocycles. The minimum Gasteiger partial charge on any atom is -0.506 e. The summed E-state index contributed by atoms with van der Waals surface area (Å²) in [7, 11) is -3.15. The number of carbonyl (C=O) groups excluding carboxylic acids is 1. The zero-order chi connectivity index (χ0) is 13.9. The third-order valence-corrected chi connectivity index (χ3v) is 3.55. The molecule has 1 amide bonds. The van der Waals surface area contributed by atoms with E-state index in [1.165, 1.54) is 18.2 Å². The highest BCUT2D eigenvalue weighted by atomic mass is 35.5. The Kier molecular flexibility index (Phi) is 4.59. The summed E-state index contributed by atoms with van der Waals surface area (Å²) < 4.78 is 22.1. The number of hydrogen-bond acceptors (Lipinski definition) is 4. The van der Waals surface area contributed by atoms with Gasteiger partial charge in [0.25, 0.3) is 5.91 Å². The Morgan fingerprint density at radius 2 is 2.11 bits per heavy atom. The van der Waals surface area contributed by atoms with Crippen molar-refractivity contribution in [3.8, 4) is 5.75 Å². The molecule has 1 atom stereocenters. The highest BCUT2D eigenvalue weighted by Gasteiger charge is 2.15. The first kappa shape index (κ1) is 14.8. The first-order valence-electron chi connectivity index (χ1n) is 5.16. The van der Waals surface area contributed by atoms with E-state index in [1.807, 2.05) is 0 Å². The molecule has 0 aliphatic rings. The van der Waals surface area contributed by atoms with Gasteiger partial charge in [-0.05, 0) is 25.1 Å². The number of carbonyl (C=O) groups is 1. The van der Waals surface area contributed by atoms with Crippen molar-refractivity contribution in [2.75, 3.05) is 12.0 Å². The van der Waals surface area contributed by atoms with Crippen LogP contribution in [0.1, 0.15) is 17.3 Å². The van der Waals surface area contributed by atoms with Gasteiger partial charge in [-0.1, -0.05) is 11.6 Å². The number of amides is 1. The molecule has 0 saturated carbocycles. The number of aromatic hydroxyl groups is 1. The largest absolute Gasteiger partial charge is 0.506 e. The van der Waals surface area contributed by atoms with Crippen LogP contribution in [-0.2, 0) is 9.84 Å². The van der Waals surface area contributed by atoms with Gasteiger partial charge in [-0.3, -0.25) is 4.79 Å². The van der Waals surface area contributed by atoms with Gasteiger partial charge >= 0.3 is 0 Å². The number of nitrogens with one attached hydrogen (secondary N) is 1. The second-order valence-corrected chi connectivity index (χ2v) is 6.73. The fraction of sp³-hybridized carbons (Fsp3) is 0.364. The second-order valence-electron chi connectivity index (χ2n) is 4.13. The molecule has 0 aromatic heterocycles. The minimum atomic E-state index is -3.15. The van der Waals surface area contributed by atoms with Gasteiger partial charge in [0, 0.05) is 17.9 Å². The lowest BCUT2D eigenvalue weighted by Gasteiger charge is -2.13. The van der Waals surface area contributed by atoms with Crippen LogP contribution in [0.25, 0.3) is 0 Å². The summed E-state index contributed by atoms with van der Waals surface area (Å²) in [5.41, 5.74) is 0.262. The Labute approximate surface area is 111 Å². The van der Waals surface area contributed by atoms with Crippen molar-refractivity contribution in [2.24, 2.45) is 0 Å². The Balaban J connectivity index is 2.73. The van der Waals surface area contributed by atoms with Crippen LogP contribution in [0, 0.1) is 0 Å². The molecule has 0 aliphatic heterocycles. The van der Waals surface area contributed by atoms with E-state index in [4.69, 9.17) is 11.6 Å². The van der Waals surface area contributed by atoms with Crippen molar-refractivity contribution in [3.05, 3.63) is 28.8 Å². The van der Waals surface area contributed by atoms with Crippen LogP contribution < -0.4 is 5.32 Å². The zero-order valence-electron chi connectivity index (χ0n) is 9.97.